The van der Waals surface area contributed by atoms with Crippen molar-refractivity contribution in [3.63, 3.8) is 0 Å². The van der Waals surface area contributed by atoms with E-state index in [1.54, 1.807) is 0 Å². The SMILES string of the molecule is Nc1cc(C(=O)Nc2c(F)cc(F)cc2Br)cc(Cl)n1. The Morgan fingerprint density at radius 1 is 1.30 bits per heavy atom. The number of rotatable bonds is 2. The number of nitrogens with two attached hydrogens (primary N) is 1. The lowest BCUT2D eigenvalue weighted by molar-refractivity contribution is 0.102. The zero-order valence-corrected chi connectivity index (χ0v) is 12.1. The number of carbonyl (C=O) groups excluding carboxylic acids is 1. The van der Waals surface area contributed by atoms with E-state index in [-0.39, 0.29) is 26.7 Å². The summed E-state index contributed by atoms with van der Waals surface area (Å²) in [5, 5.41) is 2.34. The molecule has 0 saturated heterocycles. The predicted molar refractivity (Wildman–Crippen MR) is 75.7 cm³/mol. The number of nitrogens with one attached hydrogen (secondary N) is 1. The van der Waals surface area contributed by atoms with Crippen molar-refractivity contribution in [1.82, 2.24) is 4.98 Å². The number of aromatic nitrogens is 1. The van der Waals surface area contributed by atoms with Crippen molar-refractivity contribution in [3.8, 4) is 0 Å². The number of halogens is 4. The third kappa shape index (κ3) is 3.23. The molecule has 0 radical (unpaired) electrons. The highest BCUT2D eigenvalue weighted by Crippen LogP contribution is 2.27. The van der Waals surface area contributed by atoms with Crippen LogP contribution in [0, 0.1) is 11.6 Å². The van der Waals surface area contributed by atoms with Gasteiger partial charge >= 0.3 is 0 Å². The van der Waals surface area contributed by atoms with Gasteiger partial charge in [-0.2, -0.15) is 0 Å². The Bertz CT molecular complexity index is 653. The molecule has 0 fully saturated rings. The van der Waals surface area contributed by atoms with Crippen LogP contribution < -0.4 is 11.1 Å². The highest BCUT2D eigenvalue weighted by atomic mass is 79.9. The van der Waals surface area contributed by atoms with E-state index in [0.717, 1.165) is 6.07 Å². The van der Waals surface area contributed by atoms with Crippen molar-refractivity contribution in [1.29, 1.82) is 0 Å². The molecule has 2 aromatic rings. The smallest absolute Gasteiger partial charge is 0.256 e. The van der Waals surface area contributed by atoms with Crippen molar-refractivity contribution in [3.05, 3.63) is 51.1 Å². The van der Waals surface area contributed by atoms with Crippen LogP contribution in [0.3, 0.4) is 0 Å². The Morgan fingerprint density at radius 3 is 2.60 bits per heavy atom. The van der Waals surface area contributed by atoms with Gasteiger partial charge in [0, 0.05) is 16.1 Å². The zero-order valence-electron chi connectivity index (χ0n) is 9.75. The van der Waals surface area contributed by atoms with Gasteiger partial charge < -0.3 is 11.1 Å². The van der Waals surface area contributed by atoms with E-state index in [1.165, 1.54) is 12.1 Å². The summed E-state index contributed by atoms with van der Waals surface area (Å²) in [4.78, 5) is 15.7. The minimum Gasteiger partial charge on any atom is -0.384 e. The first-order chi connectivity index (χ1) is 9.36. The number of pyridine rings is 1. The second-order valence-corrected chi connectivity index (χ2v) is 5.04. The van der Waals surface area contributed by atoms with Crippen LogP contribution >= 0.6 is 27.5 Å². The van der Waals surface area contributed by atoms with Gasteiger partial charge in [0.25, 0.3) is 5.91 Å². The normalized spacial score (nSPS) is 10.4. The zero-order chi connectivity index (χ0) is 14.9. The van der Waals surface area contributed by atoms with E-state index in [2.05, 4.69) is 26.2 Å². The molecule has 8 heteroatoms. The number of benzene rings is 1. The first kappa shape index (κ1) is 14.7. The van der Waals surface area contributed by atoms with Crippen molar-refractivity contribution in [2.24, 2.45) is 0 Å². The summed E-state index contributed by atoms with van der Waals surface area (Å²) in [6.45, 7) is 0. The van der Waals surface area contributed by atoms with Crippen LogP contribution in [-0.4, -0.2) is 10.9 Å². The maximum atomic E-state index is 13.6. The van der Waals surface area contributed by atoms with Gasteiger partial charge in [-0.05, 0) is 34.1 Å². The summed E-state index contributed by atoms with van der Waals surface area (Å²) in [5.74, 6) is -2.25. The third-order valence-corrected chi connectivity index (χ3v) is 3.14. The molecule has 1 aromatic heterocycles. The second kappa shape index (κ2) is 5.72. The molecule has 0 aliphatic carbocycles. The maximum Gasteiger partial charge on any atom is 0.256 e. The number of hydrogen-bond acceptors (Lipinski definition) is 3. The monoisotopic (exact) mass is 361 g/mol. The summed E-state index contributed by atoms with van der Waals surface area (Å²) in [6, 6.07) is 4.26. The number of nitrogen functional groups attached to an aromatic ring is 1. The topological polar surface area (TPSA) is 68.0 Å². The molecule has 0 saturated carbocycles. The van der Waals surface area contributed by atoms with Crippen LogP contribution in [0.5, 0.6) is 0 Å². The second-order valence-electron chi connectivity index (χ2n) is 3.80. The number of hydrogen-bond donors (Lipinski definition) is 2. The molecule has 0 aliphatic heterocycles. The van der Waals surface area contributed by atoms with Gasteiger partial charge in [0.1, 0.15) is 16.8 Å². The van der Waals surface area contributed by atoms with Crippen molar-refractivity contribution in [2.45, 2.75) is 0 Å². The molecular formula is C12H7BrClF2N3O. The Kier molecular flexibility index (Phi) is 4.20. The molecule has 0 unspecified atom stereocenters. The lowest BCUT2D eigenvalue weighted by Crippen LogP contribution is -2.14. The van der Waals surface area contributed by atoms with Crippen LogP contribution in [0.2, 0.25) is 5.15 Å². The number of nitrogens with zero attached hydrogens (tertiary/aromatic N) is 1. The van der Waals surface area contributed by atoms with E-state index in [1.807, 2.05) is 0 Å². The van der Waals surface area contributed by atoms with Gasteiger partial charge in [-0.25, -0.2) is 13.8 Å². The summed E-state index contributed by atoms with van der Waals surface area (Å²) in [5.41, 5.74) is 5.39. The molecule has 0 aliphatic rings. The molecule has 1 aromatic carbocycles. The minimum atomic E-state index is -0.904. The van der Waals surface area contributed by atoms with Gasteiger partial charge in [0.15, 0.2) is 5.82 Å². The van der Waals surface area contributed by atoms with Crippen LogP contribution in [0.15, 0.2) is 28.7 Å². The van der Waals surface area contributed by atoms with Crippen LogP contribution in [-0.2, 0) is 0 Å². The van der Waals surface area contributed by atoms with Crippen LogP contribution in [0.4, 0.5) is 20.3 Å². The van der Waals surface area contributed by atoms with Crippen LogP contribution in [0.1, 0.15) is 10.4 Å². The van der Waals surface area contributed by atoms with Gasteiger partial charge in [-0.3, -0.25) is 4.79 Å². The van der Waals surface area contributed by atoms with Gasteiger partial charge in [-0.1, -0.05) is 11.6 Å². The van der Waals surface area contributed by atoms with Crippen LogP contribution in [0.25, 0.3) is 0 Å². The molecule has 0 atom stereocenters. The van der Waals surface area contributed by atoms with E-state index in [4.69, 9.17) is 17.3 Å². The molecule has 20 heavy (non-hydrogen) atoms. The quantitative estimate of drug-likeness (QED) is 0.802. The van der Waals surface area contributed by atoms with Gasteiger partial charge in [0.2, 0.25) is 0 Å². The standard InChI is InChI=1S/C12H7BrClF2N3O/c13-7-3-6(15)4-8(16)11(7)19-12(20)5-1-9(14)18-10(17)2-5/h1-4H,(H2,17,18)(H,19,20). The lowest BCUT2D eigenvalue weighted by atomic mass is 10.2. The largest absolute Gasteiger partial charge is 0.384 e. The summed E-state index contributed by atoms with van der Waals surface area (Å²) >= 11 is 8.65. The number of carbonyl (C=O) groups is 1. The summed E-state index contributed by atoms with van der Waals surface area (Å²) in [7, 11) is 0. The van der Waals surface area contributed by atoms with Gasteiger partial charge in [0.05, 0.1) is 5.69 Å². The molecule has 104 valence electrons. The lowest BCUT2D eigenvalue weighted by Gasteiger charge is -2.09. The first-order valence-corrected chi connectivity index (χ1v) is 6.43. The Balaban J connectivity index is 2.32. The highest BCUT2D eigenvalue weighted by molar-refractivity contribution is 9.10. The predicted octanol–water partition coefficient (Wildman–Crippen LogP) is 3.61. The summed E-state index contributed by atoms with van der Waals surface area (Å²) < 4.78 is 26.6. The first-order valence-electron chi connectivity index (χ1n) is 5.26. The molecule has 3 N–H and O–H groups in total. The van der Waals surface area contributed by atoms with E-state index >= 15 is 0 Å². The molecule has 2 rings (SSSR count). The molecular weight excluding hydrogens is 356 g/mol. The van der Waals surface area contributed by atoms with Crippen molar-refractivity contribution in [2.75, 3.05) is 11.1 Å². The van der Waals surface area contributed by atoms with Crippen molar-refractivity contribution >= 4 is 44.9 Å². The molecule has 0 spiro atoms. The number of anilines is 2. The maximum absolute atomic E-state index is 13.6. The molecule has 1 heterocycles. The fraction of sp³-hybridized carbons (Fsp3) is 0. The summed E-state index contributed by atoms with van der Waals surface area (Å²) in [6.07, 6.45) is 0. The molecule has 4 nitrogen and oxygen atoms in total. The van der Waals surface area contributed by atoms with E-state index in [9.17, 15) is 13.6 Å². The molecule has 0 bridgehead atoms. The Morgan fingerprint density at radius 2 is 2.00 bits per heavy atom. The van der Waals surface area contributed by atoms with Gasteiger partial charge in [-0.15, -0.1) is 0 Å². The Hall–Kier alpha value is -1.73. The van der Waals surface area contributed by atoms with Crippen molar-refractivity contribution < 1.29 is 13.6 Å². The van der Waals surface area contributed by atoms with E-state index in [0.29, 0.717) is 6.07 Å². The average Bonchev–Trinajstić information content (AvgIpc) is 2.32. The fourth-order valence-corrected chi connectivity index (χ4v) is 2.22. The highest BCUT2D eigenvalue weighted by Gasteiger charge is 2.15. The Labute approximate surface area is 126 Å². The average molecular weight is 363 g/mol. The molecule has 1 amide bonds. The third-order valence-electron chi connectivity index (χ3n) is 2.32. The number of amides is 1. The van der Waals surface area contributed by atoms with E-state index < -0.39 is 17.5 Å². The minimum absolute atomic E-state index is 0.0359. The fourth-order valence-electron chi connectivity index (χ4n) is 1.50.